The number of carbonyl (C=O) groups excluding carboxylic acids is 3. The molecule has 30 heavy (non-hydrogen) atoms. The van der Waals surface area contributed by atoms with Crippen molar-refractivity contribution >= 4 is 29.2 Å². The van der Waals surface area contributed by atoms with Crippen LogP contribution in [0, 0.1) is 11.2 Å². The quantitative estimate of drug-likeness (QED) is 0.729. The number of urea groups is 1. The standard InChI is InChI=1S/C22H21FN4O3/c1-25-10-11-26-17-5-3-2-4-14(17)12-22(18(26)13-25)19(28)24-21(30)27(20(22)29)16-8-6-15(23)7-9-16/h2-9,18H,10-13H2,1H3,(H,24,28,30)/t18-,22+/m1/s1. The highest BCUT2D eigenvalue weighted by atomic mass is 19.1. The van der Waals surface area contributed by atoms with Gasteiger partial charge in [0, 0.05) is 25.3 Å². The summed E-state index contributed by atoms with van der Waals surface area (Å²) >= 11 is 0. The first-order valence-corrected chi connectivity index (χ1v) is 9.90. The Bertz CT molecular complexity index is 1060. The molecule has 8 heteroatoms. The lowest BCUT2D eigenvalue weighted by atomic mass is 9.67. The molecule has 0 aromatic heterocycles. The van der Waals surface area contributed by atoms with E-state index < -0.39 is 35.1 Å². The van der Waals surface area contributed by atoms with Gasteiger partial charge in [0.15, 0.2) is 5.41 Å². The third kappa shape index (κ3) is 2.56. The molecule has 4 amide bonds. The molecular weight excluding hydrogens is 387 g/mol. The molecule has 0 bridgehead atoms. The number of nitrogens with zero attached hydrogens (tertiary/aromatic N) is 3. The lowest BCUT2D eigenvalue weighted by Gasteiger charge is -2.55. The third-order valence-electron chi connectivity index (χ3n) is 6.42. The number of imide groups is 2. The van der Waals surface area contributed by atoms with Crippen molar-refractivity contribution in [3.8, 4) is 0 Å². The number of hydrogen-bond acceptors (Lipinski definition) is 5. The van der Waals surface area contributed by atoms with Crippen molar-refractivity contribution < 1.29 is 18.8 Å². The number of carbonyl (C=O) groups is 3. The predicted molar refractivity (Wildman–Crippen MR) is 109 cm³/mol. The van der Waals surface area contributed by atoms with E-state index in [0.717, 1.165) is 22.7 Å². The van der Waals surface area contributed by atoms with E-state index in [1.807, 2.05) is 31.3 Å². The van der Waals surface area contributed by atoms with Gasteiger partial charge in [0.1, 0.15) is 5.82 Å². The van der Waals surface area contributed by atoms with Crippen LogP contribution in [0.2, 0.25) is 0 Å². The number of barbiturate groups is 1. The molecule has 154 valence electrons. The van der Waals surface area contributed by atoms with E-state index in [2.05, 4.69) is 15.1 Å². The molecule has 0 unspecified atom stereocenters. The molecule has 5 rings (SSSR count). The summed E-state index contributed by atoms with van der Waals surface area (Å²) in [5.74, 6) is -1.61. The number of anilines is 2. The summed E-state index contributed by atoms with van der Waals surface area (Å²) in [4.78, 5) is 45.0. The summed E-state index contributed by atoms with van der Waals surface area (Å²) in [7, 11) is 1.96. The molecule has 3 aliphatic heterocycles. The van der Waals surface area contributed by atoms with Crippen LogP contribution in [0.3, 0.4) is 0 Å². The summed E-state index contributed by atoms with van der Waals surface area (Å²) in [6, 6.07) is 11.7. The number of halogens is 1. The fraction of sp³-hybridized carbons (Fsp3) is 0.318. The SMILES string of the molecule is CN1CCN2c3ccccc3C[C@@]3(C(=O)NC(=O)N(c4ccc(F)cc4)C3=O)[C@H]2C1. The van der Waals surface area contributed by atoms with Crippen molar-refractivity contribution in [3.63, 3.8) is 0 Å². The largest absolute Gasteiger partial charge is 0.364 e. The normalized spacial score (nSPS) is 26.5. The smallest absolute Gasteiger partial charge is 0.335 e. The van der Waals surface area contributed by atoms with Gasteiger partial charge >= 0.3 is 6.03 Å². The number of rotatable bonds is 1. The Kier molecular flexibility index (Phi) is 4.14. The summed E-state index contributed by atoms with van der Waals surface area (Å²) in [5.41, 5.74) is 0.702. The number of amides is 4. The maximum atomic E-state index is 13.9. The molecule has 2 atom stereocenters. The van der Waals surface area contributed by atoms with E-state index in [1.165, 1.54) is 24.3 Å². The summed E-state index contributed by atoms with van der Waals surface area (Å²) in [5, 5.41) is 2.40. The Morgan fingerprint density at radius 3 is 2.53 bits per heavy atom. The van der Waals surface area contributed by atoms with Crippen molar-refractivity contribution in [1.29, 1.82) is 0 Å². The lowest BCUT2D eigenvalue weighted by molar-refractivity contribution is -0.145. The number of likely N-dealkylation sites (N-methyl/N-ethyl adjacent to an activating group) is 1. The molecule has 1 N–H and O–H groups in total. The fourth-order valence-electron chi connectivity index (χ4n) is 4.92. The average molecular weight is 408 g/mol. The van der Waals surface area contributed by atoms with Gasteiger partial charge in [-0.3, -0.25) is 14.9 Å². The van der Waals surface area contributed by atoms with Crippen molar-refractivity contribution in [1.82, 2.24) is 10.2 Å². The first-order valence-electron chi connectivity index (χ1n) is 9.90. The lowest BCUT2D eigenvalue weighted by Crippen LogP contribution is -2.75. The Balaban J connectivity index is 1.66. The van der Waals surface area contributed by atoms with Gasteiger partial charge in [-0.1, -0.05) is 18.2 Å². The van der Waals surface area contributed by atoms with Gasteiger partial charge in [-0.2, -0.15) is 0 Å². The Morgan fingerprint density at radius 2 is 1.77 bits per heavy atom. The van der Waals surface area contributed by atoms with Gasteiger partial charge in [0.25, 0.3) is 5.91 Å². The second-order valence-corrected chi connectivity index (χ2v) is 8.12. The minimum Gasteiger partial charge on any atom is -0.364 e. The Morgan fingerprint density at radius 1 is 1.03 bits per heavy atom. The molecule has 7 nitrogen and oxygen atoms in total. The van der Waals surface area contributed by atoms with Gasteiger partial charge in [-0.25, -0.2) is 14.1 Å². The van der Waals surface area contributed by atoms with E-state index in [4.69, 9.17) is 0 Å². The molecule has 2 fully saturated rings. The highest BCUT2D eigenvalue weighted by molar-refractivity contribution is 6.30. The maximum absolute atomic E-state index is 13.9. The molecule has 0 radical (unpaired) electrons. The number of benzene rings is 2. The van der Waals surface area contributed by atoms with Crippen LogP contribution in [0.4, 0.5) is 20.6 Å². The van der Waals surface area contributed by atoms with E-state index in [1.54, 1.807) is 0 Å². The Labute approximate surface area is 173 Å². The zero-order valence-corrected chi connectivity index (χ0v) is 16.5. The fourth-order valence-corrected chi connectivity index (χ4v) is 4.92. The van der Waals surface area contributed by atoms with Gasteiger partial charge in [-0.05, 0) is 49.4 Å². The van der Waals surface area contributed by atoms with Gasteiger partial charge in [0.05, 0.1) is 11.7 Å². The molecule has 2 aromatic carbocycles. The molecule has 0 saturated carbocycles. The number of fused-ring (bicyclic) bond motifs is 4. The molecule has 3 heterocycles. The van der Waals surface area contributed by atoms with Crippen LogP contribution >= 0.6 is 0 Å². The monoisotopic (exact) mass is 408 g/mol. The molecule has 2 saturated heterocycles. The second kappa shape index (κ2) is 6.63. The molecule has 0 aliphatic carbocycles. The predicted octanol–water partition coefficient (Wildman–Crippen LogP) is 1.77. The van der Waals surface area contributed by atoms with Gasteiger partial charge in [-0.15, -0.1) is 0 Å². The average Bonchev–Trinajstić information content (AvgIpc) is 2.73. The number of piperazine rings is 1. The summed E-state index contributed by atoms with van der Waals surface area (Å²) in [6.07, 6.45) is 0.202. The van der Waals surface area contributed by atoms with Crippen LogP contribution in [0.25, 0.3) is 0 Å². The van der Waals surface area contributed by atoms with Crippen molar-refractivity contribution in [2.24, 2.45) is 5.41 Å². The zero-order chi connectivity index (χ0) is 21.0. The van der Waals surface area contributed by atoms with Gasteiger partial charge < -0.3 is 9.80 Å². The summed E-state index contributed by atoms with van der Waals surface area (Å²) in [6.45, 7) is 1.99. The van der Waals surface area contributed by atoms with Crippen molar-refractivity contribution in [3.05, 3.63) is 59.9 Å². The van der Waals surface area contributed by atoms with E-state index in [0.29, 0.717) is 13.1 Å². The second-order valence-electron chi connectivity index (χ2n) is 8.12. The maximum Gasteiger partial charge on any atom is 0.335 e. The van der Waals surface area contributed by atoms with Crippen LogP contribution < -0.4 is 15.1 Å². The number of hydrogen-bond donors (Lipinski definition) is 1. The summed E-state index contributed by atoms with van der Waals surface area (Å²) < 4.78 is 13.4. The highest BCUT2D eigenvalue weighted by Gasteiger charge is 2.62. The van der Waals surface area contributed by atoms with Crippen molar-refractivity contribution in [2.75, 3.05) is 36.5 Å². The minimum absolute atomic E-state index is 0.202. The molecule has 3 aliphatic rings. The first kappa shape index (κ1) is 18.7. The topological polar surface area (TPSA) is 73.0 Å². The zero-order valence-electron chi connectivity index (χ0n) is 16.5. The van der Waals surface area contributed by atoms with Crippen LogP contribution in [0.5, 0.6) is 0 Å². The van der Waals surface area contributed by atoms with Crippen LogP contribution in [-0.2, 0) is 16.0 Å². The van der Waals surface area contributed by atoms with Crippen molar-refractivity contribution in [2.45, 2.75) is 12.5 Å². The van der Waals surface area contributed by atoms with Gasteiger partial charge in [0.2, 0.25) is 5.91 Å². The first-order chi connectivity index (χ1) is 14.4. The molecular formula is C22H21FN4O3. The van der Waals surface area contributed by atoms with E-state index in [-0.39, 0.29) is 12.1 Å². The molecule has 2 aromatic rings. The van der Waals surface area contributed by atoms with Crippen LogP contribution in [-0.4, -0.2) is 55.5 Å². The third-order valence-corrected chi connectivity index (χ3v) is 6.42. The number of nitrogens with one attached hydrogen (secondary N) is 1. The molecule has 1 spiro atoms. The number of para-hydroxylation sites is 1. The highest BCUT2D eigenvalue weighted by Crippen LogP contribution is 2.46. The minimum atomic E-state index is -1.45. The van der Waals surface area contributed by atoms with E-state index >= 15 is 0 Å². The Hall–Kier alpha value is -3.26. The van der Waals surface area contributed by atoms with Crippen LogP contribution in [0.1, 0.15) is 5.56 Å². The van der Waals surface area contributed by atoms with Crippen LogP contribution in [0.15, 0.2) is 48.5 Å². The van der Waals surface area contributed by atoms with E-state index in [9.17, 15) is 18.8 Å².